The van der Waals surface area contributed by atoms with E-state index in [9.17, 15) is 18.3 Å². The molecule has 1 aliphatic rings. The van der Waals surface area contributed by atoms with E-state index in [2.05, 4.69) is 14.7 Å². The number of aromatic nitrogens is 2. The Morgan fingerprint density at radius 1 is 1.08 bits per heavy atom. The van der Waals surface area contributed by atoms with Crippen LogP contribution >= 0.6 is 0 Å². The van der Waals surface area contributed by atoms with Crippen LogP contribution in [0.3, 0.4) is 0 Å². The van der Waals surface area contributed by atoms with Crippen molar-refractivity contribution in [3.05, 3.63) is 64.7 Å². The summed E-state index contributed by atoms with van der Waals surface area (Å²) in [5.41, 5.74) is 9.70. The molecule has 39 heavy (non-hydrogen) atoms. The van der Waals surface area contributed by atoms with Gasteiger partial charge in [0.15, 0.2) is 0 Å². The molecule has 1 fully saturated rings. The zero-order chi connectivity index (χ0) is 28.2. The van der Waals surface area contributed by atoms with Gasteiger partial charge in [-0.2, -0.15) is 4.98 Å². The number of nitrogens with one attached hydrogen (secondary N) is 1. The van der Waals surface area contributed by atoms with Gasteiger partial charge in [-0.25, -0.2) is 22.9 Å². The summed E-state index contributed by atoms with van der Waals surface area (Å²) in [6.07, 6.45) is 7.00. The average Bonchev–Trinajstić information content (AvgIpc) is 2.87. The van der Waals surface area contributed by atoms with Crippen molar-refractivity contribution in [2.75, 3.05) is 11.3 Å². The van der Waals surface area contributed by atoms with Gasteiger partial charge in [0.05, 0.1) is 16.2 Å². The number of rotatable bonds is 10. The molecule has 0 bridgehead atoms. The molecular weight excluding hydrogens is 516 g/mol. The largest absolute Gasteiger partial charge is 0.478 e. The Hall–Kier alpha value is -3.50. The fraction of sp³-hybridized carbons (Fsp3) is 0.414. The molecule has 1 aromatic heterocycles. The van der Waals surface area contributed by atoms with Crippen LogP contribution in [-0.2, 0) is 10.0 Å². The Labute approximate surface area is 229 Å². The number of anilines is 1. The second-order valence-electron chi connectivity index (χ2n) is 10.3. The number of benzene rings is 2. The van der Waals surface area contributed by atoms with Gasteiger partial charge in [0.25, 0.3) is 10.0 Å². The summed E-state index contributed by atoms with van der Waals surface area (Å²) in [5, 5.41) is 9.44. The molecule has 0 saturated heterocycles. The molecule has 0 aliphatic heterocycles. The number of carboxylic acids is 1. The van der Waals surface area contributed by atoms with Crippen molar-refractivity contribution in [1.82, 2.24) is 9.97 Å². The third-order valence-electron chi connectivity index (χ3n) is 7.28. The van der Waals surface area contributed by atoms with E-state index in [-0.39, 0.29) is 40.5 Å². The zero-order valence-corrected chi connectivity index (χ0v) is 23.4. The van der Waals surface area contributed by atoms with Crippen molar-refractivity contribution >= 4 is 21.9 Å². The average molecular weight is 553 g/mol. The van der Waals surface area contributed by atoms with Crippen LogP contribution < -0.4 is 15.2 Å². The summed E-state index contributed by atoms with van der Waals surface area (Å²) in [7, 11) is -4.21. The van der Waals surface area contributed by atoms with Crippen molar-refractivity contribution in [3.8, 4) is 17.1 Å². The topological polar surface area (TPSA) is 144 Å². The number of aromatic carboxylic acids is 1. The van der Waals surface area contributed by atoms with Crippen molar-refractivity contribution in [2.45, 2.75) is 70.2 Å². The van der Waals surface area contributed by atoms with Crippen LogP contribution in [-0.4, -0.2) is 42.1 Å². The summed E-state index contributed by atoms with van der Waals surface area (Å²) in [5.74, 6) is -0.584. The van der Waals surface area contributed by atoms with Gasteiger partial charge in [0, 0.05) is 17.7 Å². The summed E-state index contributed by atoms with van der Waals surface area (Å²) in [6, 6.07) is 11.5. The van der Waals surface area contributed by atoms with Crippen LogP contribution in [0.2, 0.25) is 0 Å². The van der Waals surface area contributed by atoms with E-state index in [4.69, 9.17) is 10.5 Å². The highest BCUT2D eigenvalue weighted by molar-refractivity contribution is 7.92. The SMILES string of the molecule is Cc1cccc(C)c1-c1cc(OCC(N)CC2CCCCC2)nc(NS(=O)(=O)c2cccc(C(=O)O)c2C)n1. The molecule has 4 N–H and O–H groups in total. The van der Waals surface area contributed by atoms with E-state index in [1.807, 2.05) is 32.0 Å². The number of aryl methyl sites for hydroxylation is 2. The van der Waals surface area contributed by atoms with Gasteiger partial charge in [0.2, 0.25) is 11.8 Å². The molecular formula is C29H36N4O5S. The lowest BCUT2D eigenvalue weighted by Crippen LogP contribution is -2.31. The number of carbonyl (C=O) groups is 1. The number of nitrogens with two attached hydrogens (primary N) is 1. The molecule has 0 spiro atoms. The number of carboxylic acid groups (broad SMARTS) is 1. The molecule has 1 aliphatic carbocycles. The lowest BCUT2D eigenvalue weighted by molar-refractivity contribution is 0.0695. The van der Waals surface area contributed by atoms with Gasteiger partial charge >= 0.3 is 5.97 Å². The first-order valence-corrected chi connectivity index (χ1v) is 14.7. The molecule has 1 atom stereocenters. The second-order valence-corrected chi connectivity index (χ2v) is 12.0. The van der Waals surface area contributed by atoms with Crippen LogP contribution in [0.4, 0.5) is 5.95 Å². The Balaban J connectivity index is 1.65. The van der Waals surface area contributed by atoms with Crippen LogP contribution in [0.15, 0.2) is 47.4 Å². The predicted molar refractivity (Wildman–Crippen MR) is 151 cm³/mol. The molecule has 1 saturated carbocycles. The molecule has 10 heteroatoms. The summed E-state index contributed by atoms with van der Waals surface area (Å²) in [6.45, 7) is 5.60. The van der Waals surface area contributed by atoms with Gasteiger partial charge in [-0.1, -0.05) is 56.4 Å². The smallest absolute Gasteiger partial charge is 0.335 e. The maximum atomic E-state index is 13.3. The highest BCUT2D eigenvalue weighted by Crippen LogP contribution is 2.31. The van der Waals surface area contributed by atoms with Gasteiger partial charge in [-0.3, -0.25) is 0 Å². The normalized spacial score (nSPS) is 15.1. The zero-order valence-electron chi connectivity index (χ0n) is 22.6. The molecule has 208 valence electrons. The van der Waals surface area contributed by atoms with Gasteiger partial charge in [-0.05, 0) is 61.9 Å². The van der Waals surface area contributed by atoms with Gasteiger partial charge in [-0.15, -0.1) is 0 Å². The first kappa shape index (κ1) is 28.5. The molecule has 9 nitrogen and oxygen atoms in total. The monoisotopic (exact) mass is 552 g/mol. The van der Waals surface area contributed by atoms with Crippen LogP contribution in [0.25, 0.3) is 11.3 Å². The molecule has 2 aromatic carbocycles. The first-order chi connectivity index (χ1) is 18.5. The first-order valence-electron chi connectivity index (χ1n) is 13.2. The fourth-order valence-corrected chi connectivity index (χ4v) is 6.53. The molecule has 3 aromatic rings. The van der Waals surface area contributed by atoms with Crippen molar-refractivity contribution in [1.29, 1.82) is 0 Å². The number of hydrogen-bond donors (Lipinski definition) is 3. The minimum atomic E-state index is -4.21. The van der Waals surface area contributed by atoms with Crippen molar-refractivity contribution < 1.29 is 23.1 Å². The Bertz CT molecular complexity index is 1430. The summed E-state index contributed by atoms with van der Waals surface area (Å²) in [4.78, 5) is 20.2. The molecule has 0 radical (unpaired) electrons. The summed E-state index contributed by atoms with van der Waals surface area (Å²) < 4.78 is 35.1. The number of hydrogen-bond acceptors (Lipinski definition) is 7. The minimum absolute atomic E-state index is 0.0981. The Morgan fingerprint density at radius 3 is 2.41 bits per heavy atom. The Morgan fingerprint density at radius 2 is 1.74 bits per heavy atom. The number of ether oxygens (including phenoxy) is 1. The quantitative estimate of drug-likeness (QED) is 0.309. The molecule has 1 heterocycles. The number of sulfonamides is 1. The highest BCUT2D eigenvalue weighted by Gasteiger charge is 2.23. The molecule has 4 rings (SSSR count). The van der Waals surface area contributed by atoms with E-state index in [0.717, 1.165) is 23.1 Å². The highest BCUT2D eigenvalue weighted by atomic mass is 32.2. The molecule has 0 amide bonds. The van der Waals surface area contributed by atoms with Crippen LogP contribution in [0, 0.1) is 26.7 Å². The van der Waals surface area contributed by atoms with Crippen molar-refractivity contribution in [2.24, 2.45) is 11.7 Å². The maximum Gasteiger partial charge on any atom is 0.335 e. The van der Waals surface area contributed by atoms with E-state index in [1.54, 1.807) is 6.07 Å². The predicted octanol–water partition coefficient (Wildman–Crippen LogP) is 5.24. The van der Waals surface area contributed by atoms with Crippen LogP contribution in [0.1, 0.15) is 65.6 Å². The van der Waals surface area contributed by atoms with E-state index in [1.165, 1.54) is 57.2 Å². The third-order valence-corrected chi connectivity index (χ3v) is 8.75. The minimum Gasteiger partial charge on any atom is -0.478 e. The van der Waals surface area contributed by atoms with E-state index in [0.29, 0.717) is 11.6 Å². The summed E-state index contributed by atoms with van der Waals surface area (Å²) >= 11 is 0. The number of nitrogens with zero attached hydrogens (tertiary/aromatic N) is 2. The molecule has 1 unspecified atom stereocenters. The van der Waals surface area contributed by atoms with Gasteiger partial charge < -0.3 is 15.6 Å². The Kier molecular flexibility index (Phi) is 8.87. The standard InChI is InChI=1S/C29H36N4O5S/c1-18-9-7-10-19(2)27(18)24-16-26(38-17-22(30)15-21-11-5-4-6-12-21)32-29(31-24)33-39(36,37)25-14-8-13-23(20(25)3)28(34)35/h7-10,13-14,16,21-22H,4-6,11-12,15,17,30H2,1-3H3,(H,34,35)(H,31,32,33). The maximum absolute atomic E-state index is 13.3. The van der Waals surface area contributed by atoms with E-state index < -0.39 is 16.0 Å². The fourth-order valence-electron chi connectivity index (χ4n) is 5.32. The third kappa shape index (κ3) is 6.93. The van der Waals surface area contributed by atoms with Crippen molar-refractivity contribution in [3.63, 3.8) is 0 Å². The second kappa shape index (κ2) is 12.1. The lowest BCUT2D eigenvalue weighted by atomic mass is 9.85. The van der Waals surface area contributed by atoms with Gasteiger partial charge in [0.1, 0.15) is 6.61 Å². The van der Waals surface area contributed by atoms with Crippen LogP contribution in [0.5, 0.6) is 5.88 Å². The lowest BCUT2D eigenvalue weighted by Gasteiger charge is -2.24. The van der Waals surface area contributed by atoms with E-state index >= 15 is 0 Å².